The molecule has 0 aliphatic heterocycles. The highest BCUT2D eigenvalue weighted by Gasteiger charge is 2.19. The molecule has 2 aromatic rings. The molecule has 1 aromatic heterocycles. The summed E-state index contributed by atoms with van der Waals surface area (Å²) < 4.78 is 4.39. The normalized spacial score (nSPS) is 11.6. The first-order valence-corrected chi connectivity index (χ1v) is 6.87. The second-order valence-corrected chi connectivity index (χ2v) is 6.21. The number of hydrogen-bond donors (Lipinski definition) is 1. The van der Waals surface area contributed by atoms with Gasteiger partial charge < -0.3 is 5.32 Å². The second kappa shape index (κ2) is 5.06. The van der Waals surface area contributed by atoms with E-state index in [1.54, 1.807) is 0 Å². The first-order valence-electron chi connectivity index (χ1n) is 6.09. The van der Waals surface area contributed by atoms with Gasteiger partial charge in [0, 0.05) is 23.5 Å². The molecule has 96 valence electrons. The van der Waals surface area contributed by atoms with Gasteiger partial charge in [-0.1, -0.05) is 45.0 Å². The van der Waals surface area contributed by atoms with Crippen molar-refractivity contribution in [1.29, 1.82) is 0 Å². The minimum atomic E-state index is 0.0130. The lowest BCUT2D eigenvalue weighted by Gasteiger charge is -2.12. The first kappa shape index (κ1) is 13.0. The number of aromatic nitrogens is 2. The summed E-state index contributed by atoms with van der Waals surface area (Å²) in [6.45, 7) is 9.30. The van der Waals surface area contributed by atoms with Crippen molar-refractivity contribution in [3.05, 3.63) is 41.2 Å². The van der Waals surface area contributed by atoms with Crippen LogP contribution in [0.3, 0.4) is 0 Å². The smallest absolute Gasteiger partial charge is 0.202 e. The van der Waals surface area contributed by atoms with Crippen LogP contribution in [0.15, 0.2) is 24.3 Å². The zero-order chi connectivity index (χ0) is 13.2. The highest BCUT2D eigenvalue weighted by atomic mass is 32.1. The van der Waals surface area contributed by atoms with Crippen molar-refractivity contribution in [2.45, 2.75) is 39.7 Å². The van der Waals surface area contributed by atoms with E-state index in [-0.39, 0.29) is 5.41 Å². The minimum absolute atomic E-state index is 0.0130. The van der Waals surface area contributed by atoms with Crippen molar-refractivity contribution in [3.8, 4) is 0 Å². The molecule has 18 heavy (non-hydrogen) atoms. The molecule has 3 nitrogen and oxygen atoms in total. The lowest BCUT2D eigenvalue weighted by Crippen LogP contribution is -2.13. The van der Waals surface area contributed by atoms with Gasteiger partial charge in [0.15, 0.2) is 0 Å². The van der Waals surface area contributed by atoms with E-state index in [0.29, 0.717) is 0 Å². The molecular weight excluding hydrogens is 242 g/mol. The maximum Gasteiger partial charge on any atom is 0.202 e. The van der Waals surface area contributed by atoms with E-state index in [1.807, 2.05) is 0 Å². The molecule has 0 unspecified atom stereocenters. The van der Waals surface area contributed by atoms with E-state index in [2.05, 4.69) is 66.6 Å². The van der Waals surface area contributed by atoms with Crippen LogP contribution in [0, 0.1) is 6.92 Å². The Hall–Kier alpha value is -1.42. The van der Waals surface area contributed by atoms with E-state index in [4.69, 9.17) is 0 Å². The molecule has 0 amide bonds. The number of nitrogens with zero attached hydrogens (tertiary/aromatic N) is 2. The third-order valence-corrected chi connectivity index (χ3v) is 3.46. The Balaban J connectivity index is 2.03. The Labute approximate surface area is 112 Å². The zero-order valence-corrected chi connectivity index (χ0v) is 12.1. The predicted molar refractivity (Wildman–Crippen MR) is 77.1 cm³/mol. The summed E-state index contributed by atoms with van der Waals surface area (Å²) in [5.74, 6) is 0.903. The SMILES string of the molecule is Cc1ccccc1CNc1nc(C(C)(C)C)ns1. The molecule has 0 saturated heterocycles. The number of aryl methyl sites for hydroxylation is 1. The summed E-state index contributed by atoms with van der Waals surface area (Å²) in [6, 6.07) is 8.37. The van der Waals surface area contributed by atoms with Gasteiger partial charge in [0.05, 0.1) is 0 Å². The Morgan fingerprint density at radius 2 is 1.94 bits per heavy atom. The zero-order valence-electron chi connectivity index (χ0n) is 11.3. The number of benzene rings is 1. The molecule has 0 aliphatic rings. The van der Waals surface area contributed by atoms with Gasteiger partial charge in [0.1, 0.15) is 5.82 Å². The van der Waals surface area contributed by atoms with E-state index in [9.17, 15) is 0 Å². The number of rotatable bonds is 3. The van der Waals surface area contributed by atoms with Crippen molar-refractivity contribution in [2.75, 3.05) is 5.32 Å². The summed E-state index contributed by atoms with van der Waals surface area (Å²) in [4.78, 5) is 4.52. The molecule has 0 bridgehead atoms. The third-order valence-electron chi connectivity index (χ3n) is 2.79. The van der Waals surface area contributed by atoms with E-state index >= 15 is 0 Å². The summed E-state index contributed by atoms with van der Waals surface area (Å²) in [6.07, 6.45) is 0. The molecule has 0 saturated carbocycles. The van der Waals surface area contributed by atoms with Crippen molar-refractivity contribution in [1.82, 2.24) is 9.36 Å². The maximum absolute atomic E-state index is 4.52. The van der Waals surface area contributed by atoms with Crippen LogP contribution >= 0.6 is 11.5 Å². The molecule has 1 N–H and O–H groups in total. The van der Waals surface area contributed by atoms with Crippen LogP contribution in [-0.2, 0) is 12.0 Å². The Kier molecular flexibility index (Phi) is 3.66. The van der Waals surface area contributed by atoms with Crippen LogP contribution in [0.4, 0.5) is 5.13 Å². The lowest BCUT2D eigenvalue weighted by atomic mass is 9.96. The van der Waals surface area contributed by atoms with Gasteiger partial charge in [0.2, 0.25) is 5.13 Å². The molecule has 0 radical (unpaired) electrons. The van der Waals surface area contributed by atoms with Crippen LogP contribution in [0.25, 0.3) is 0 Å². The summed E-state index contributed by atoms with van der Waals surface area (Å²) in [5, 5.41) is 4.23. The van der Waals surface area contributed by atoms with Crippen LogP contribution < -0.4 is 5.32 Å². The molecule has 0 atom stereocenters. The number of anilines is 1. The highest BCUT2D eigenvalue weighted by Crippen LogP contribution is 2.23. The van der Waals surface area contributed by atoms with Crippen molar-refractivity contribution in [2.24, 2.45) is 0 Å². The van der Waals surface area contributed by atoms with Crippen LogP contribution in [-0.4, -0.2) is 9.36 Å². The molecular formula is C14H19N3S. The Morgan fingerprint density at radius 3 is 2.56 bits per heavy atom. The van der Waals surface area contributed by atoms with Gasteiger partial charge in [-0.2, -0.15) is 4.37 Å². The van der Waals surface area contributed by atoms with Gasteiger partial charge in [-0.15, -0.1) is 0 Å². The highest BCUT2D eigenvalue weighted by molar-refractivity contribution is 7.09. The lowest BCUT2D eigenvalue weighted by molar-refractivity contribution is 0.555. The number of nitrogens with one attached hydrogen (secondary N) is 1. The molecule has 4 heteroatoms. The first-order chi connectivity index (χ1) is 8.47. The largest absolute Gasteiger partial charge is 0.356 e. The molecule has 1 aromatic carbocycles. The minimum Gasteiger partial charge on any atom is -0.356 e. The predicted octanol–water partition coefficient (Wildman–Crippen LogP) is 3.76. The Bertz CT molecular complexity index is 526. The van der Waals surface area contributed by atoms with E-state index in [0.717, 1.165) is 17.5 Å². The van der Waals surface area contributed by atoms with Gasteiger partial charge in [-0.3, -0.25) is 0 Å². The molecule has 0 fully saturated rings. The van der Waals surface area contributed by atoms with Crippen molar-refractivity contribution < 1.29 is 0 Å². The third kappa shape index (κ3) is 3.07. The van der Waals surface area contributed by atoms with Crippen molar-refractivity contribution in [3.63, 3.8) is 0 Å². The standard InChI is InChI=1S/C14H19N3S/c1-10-7-5-6-8-11(10)9-15-13-16-12(17-18-13)14(2,3)4/h5-8H,9H2,1-4H3,(H,15,16,17). The summed E-state index contributed by atoms with van der Waals surface area (Å²) in [5.41, 5.74) is 2.61. The summed E-state index contributed by atoms with van der Waals surface area (Å²) >= 11 is 1.43. The second-order valence-electron chi connectivity index (χ2n) is 5.45. The van der Waals surface area contributed by atoms with Gasteiger partial charge >= 0.3 is 0 Å². The fraction of sp³-hybridized carbons (Fsp3) is 0.429. The quantitative estimate of drug-likeness (QED) is 0.914. The van der Waals surface area contributed by atoms with Crippen LogP contribution in [0.2, 0.25) is 0 Å². The number of hydrogen-bond acceptors (Lipinski definition) is 4. The monoisotopic (exact) mass is 261 g/mol. The van der Waals surface area contributed by atoms with Crippen LogP contribution in [0.5, 0.6) is 0 Å². The average Bonchev–Trinajstić information content (AvgIpc) is 2.76. The van der Waals surface area contributed by atoms with Gasteiger partial charge in [0.25, 0.3) is 0 Å². The summed E-state index contributed by atoms with van der Waals surface area (Å²) in [7, 11) is 0. The van der Waals surface area contributed by atoms with E-state index < -0.39 is 0 Å². The fourth-order valence-corrected chi connectivity index (χ4v) is 2.33. The molecule has 0 spiro atoms. The molecule has 2 rings (SSSR count). The fourth-order valence-electron chi connectivity index (χ4n) is 1.58. The van der Waals surface area contributed by atoms with Crippen molar-refractivity contribution >= 4 is 16.7 Å². The van der Waals surface area contributed by atoms with Gasteiger partial charge in [-0.05, 0) is 18.1 Å². The topological polar surface area (TPSA) is 37.8 Å². The van der Waals surface area contributed by atoms with E-state index in [1.165, 1.54) is 22.7 Å². The molecule has 1 heterocycles. The van der Waals surface area contributed by atoms with Crippen LogP contribution in [0.1, 0.15) is 37.7 Å². The Morgan fingerprint density at radius 1 is 1.22 bits per heavy atom. The molecule has 0 aliphatic carbocycles. The average molecular weight is 261 g/mol. The van der Waals surface area contributed by atoms with Gasteiger partial charge in [-0.25, -0.2) is 4.98 Å². The maximum atomic E-state index is 4.52.